The smallest absolute Gasteiger partial charge is 0.0608 e. The standard InChI is InChI=1S/C12H26N4O/c1-2-15-5-3-12(11-13,4-6-15)14-16-7-9-17-10-8-16/h14H,2-11,13H2,1H3. The molecule has 0 aromatic rings. The SMILES string of the molecule is CCN1CCC(CN)(NN2CCOCC2)CC1. The molecule has 0 spiro atoms. The number of ether oxygens (including phenoxy) is 1. The summed E-state index contributed by atoms with van der Waals surface area (Å²) >= 11 is 0. The predicted octanol–water partition coefficient (Wildman–Crippen LogP) is -0.364. The van der Waals surface area contributed by atoms with E-state index in [4.69, 9.17) is 10.5 Å². The van der Waals surface area contributed by atoms with Gasteiger partial charge in [0.05, 0.1) is 13.2 Å². The summed E-state index contributed by atoms with van der Waals surface area (Å²) in [6.45, 7) is 10.0. The van der Waals surface area contributed by atoms with E-state index in [1.807, 2.05) is 0 Å². The number of hydrazine groups is 1. The fourth-order valence-corrected chi connectivity index (χ4v) is 2.67. The van der Waals surface area contributed by atoms with Crippen LogP contribution in [0.15, 0.2) is 0 Å². The highest BCUT2D eigenvalue weighted by Gasteiger charge is 2.34. The first kappa shape index (κ1) is 13.2. The number of morpholine rings is 1. The summed E-state index contributed by atoms with van der Waals surface area (Å²) in [6.07, 6.45) is 2.30. The Morgan fingerprint density at radius 3 is 2.35 bits per heavy atom. The minimum Gasteiger partial charge on any atom is -0.379 e. The molecule has 17 heavy (non-hydrogen) atoms. The van der Waals surface area contributed by atoms with Crippen molar-refractivity contribution in [2.24, 2.45) is 5.73 Å². The minimum absolute atomic E-state index is 0.114. The molecule has 0 radical (unpaired) electrons. The van der Waals surface area contributed by atoms with Crippen LogP contribution in [-0.2, 0) is 4.74 Å². The van der Waals surface area contributed by atoms with Crippen LogP contribution in [0.5, 0.6) is 0 Å². The lowest BCUT2D eigenvalue weighted by Gasteiger charge is -2.45. The summed E-state index contributed by atoms with van der Waals surface area (Å²) in [6, 6.07) is 0. The number of nitrogens with zero attached hydrogens (tertiary/aromatic N) is 2. The van der Waals surface area contributed by atoms with Gasteiger partial charge in [-0.25, -0.2) is 10.4 Å². The normalized spacial score (nSPS) is 27.2. The average Bonchev–Trinajstić information content (AvgIpc) is 2.41. The first-order chi connectivity index (χ1) is 8.28. The molecule has 2 fully saturated rings. The van der Waals surface area contributed by atoms with Crippen molar-refractivity contribution in [2.45, 2.75) is 25.3 Å². The van der Waals surface area contributed by atoms with Gasteiger partial charge >= 0.3 is 0 Å². The first-order valence-corrected chi connectivity index (χ1v) is 6.81. The van der Waals surface area contributed by atoms with Gasteiger partial charge in [0.25, 0.3) is 0 Å². The van der Waals surface area contributed by atoms with Crippen LogP contribution < -0.4 is 11.2 Å². The molecule has 2 heterocycles. The van der Waals surface area contributed by atoms with Crippen LogP contribution in [-0.4, -0.2) is 67.9 Å². The third kappa shape index (κ3) is 3.39. The summed E-state index contributed by atoms with van der Waals surface area (Å²) in [5, 5.41) is 2.29. The van der Waals surface area contributed by atoms with Crippen LogP contribution in [0.25, 0.3) is 0 Å². The van der Waals surface area contributed by atoms with Crippen LogP contribution in [0.1, 0.15) is 19.8 Å². The van der Waals surface area contributed by atoms with Crippen molar-refractivity contribution < 1.29 is 4.74 Å². The zero-order chi connectivity index (χ0) is 12.1. The zero-order valence-electron chi connectivity index (χ0n) is 11.0. The van der Waals surface area contributed by atoms with Gasteiger partial charge in [0, 0.05) is 25.2 Å². The van der Waals surface area contributed by atoms with Gasteiger partial charge < -0.3 is 15.4 Å². The van der Waals surface area contributed by atoms with Crippen LogP contribution in [0.2, 0.25) is 0 Å². The number of rotatable bonds is 4. The Morgan fingerprint density at radius 2 is 1.82 bits per heavy atom. The van der Waals surface area contributed by atoms with Crippen molar-refractivity contribution in [3.05, 3.63) is 0 Å². The van der Waals surface area contributed by atoms with Gasteiger partial charge in [0.2, 0.25) is 0 Å². The Morgan fingerprint density at radius 1 is 1.18 bits per heavy atom. The van der Waals surface area contributed by atoms with E-state index in [9.17, 15) is 0 Å². The third-order valence-corrected chi connectivity index (χ3v) is 4.06. The maximum Gasteiger partial charge on any atom is 0.0608 e. The molecule has 100 valence electrons. The number of likely N-dealkylation sites (tertiary alicyclic amines) is 1. The molecule has 5 nitrogen and oxygen atoms in total. The van der Waals surface area contributed by atoms with E-state index < -0.39 is 0 Å². The summed E-state index contributed by atoms with van der Waals surface area (Å²) in [7, 11) is 0. The molecule has 0 aromatic heterocycles. The number of hydrogen-bond acceptors (Lipinski definition) is 5. The van der Waals surface area contributed by atoms with E-state index in [-0.39, 0.29) is 5.54 Å². The molecule has 0 atom stereocenters. The molecule has 3 N–H and O–H groups in total. The highest BCUT2D eigenvalue weighted by molar-refractivity contribution is 4.93. The summed E-state index contributed by atoms with van der Waals surface area (Å²) < 4.78 is 5.37. The lowest BCUT2D eigenvalue weighted by atomic mass is 9.88. The maximum absolute atomic E-state index is 6.00. The fourth-order valence-electron chi connectivity index (χ4n) is 2.67. The fraction of sp³-hybridized carbons (Fsp3) is 1.00. The van der Waals surface area contributed by atoms with Gasteiger partial charge in [-0.15, -0.1) is 0 Å². The quantitative estimate of drug-likeness (QED) is 0.705. The maximum atomic E-state index is 6.00. The highest BCUT2D eigenvalue weighted by Crippen LogP contribution is 2.21. The van der Waals surface area contributed by atoms with Gasteiger partial charge in [0.1, 0.15) is 0 Å². The van der Waals surface area contributed by atoms with E-state index in [0.717, 1.165) is 65.3 Å². The molecule has 0 saturated carbocycles. The second-order valence-corrected chi connectivity index (χ2v) is 5.13. The van der Waals surface area contributed by atoms with E-state index in [1.165, 1.54) is 0 Å². The van der Waals surface area contributed by atoms with Crippen molar-refractivity contribution >= 4 is 0 Å². The zero-order valence-corrected chi connectivity index (χ0v) is 11.0. The van der Waals surface area contributed by atoms with Crippen LogP contribution in [0.4, 0.5) is 0 Å². The number of nitrogens with one attached hydrogen (secondary N) is 1. The topological polar surface area (TPSA) is 53.8 Å². The van der Waals surface area contributed by atoms with Crippen molar-refractivity contribution in [1.82, 2.24) is 15.3 Å². The monoisotopic (exact) mass is 242 g/mol. The number of nitrogens with two attached hydrogens (primary N) is 1. The van der Waals surface area contributed by atoms with Crippen LogP contribution in [0.3, 0.4) is 0 Å². The molecule has 0 aliphatic carbocycles. The second-order valence-electron chi connectivity index (χ2n) is 5.13. The van der Waals surface area contributed by atoms with Crippen LogP contribution in [0, 0.1) is 0 Å². The largest absolute Gasteiger partial charge is 0.379 e. The van der Waals surface area contributed by atoms with E-state index in [1.54, 1.807) is 0 Å². The Bertz CT molecular complexity index is 223. The Hall–Kier alpha value is -0.200. The van der Waals surface area contributed by atoms with Crippen molar-refractivity contribution in [1.29, 1.82) is 0 Å². The molecule has 5 heteroatoms. The number of hydrogen-bond donors (Lipinski definition) is 2. The molecule has 0 aromatic carbocycles. The Kier molecular flexibility index (Phi) is 4.76. The summed E-state index contributed by atoms with van der Waals surface area (Å²) in [5.41, 5.74) is 9.78. The second kappa shape index (κ2) is 6.11. The van der Waals surface area contributed by atoms with E-state index in [2.05, 4.69) is 22.3 Å². The molecule has 2 aliphatic heterocycles. The molecule has 2 aliphatic rings. The van der Waals surface area contributed by atoms with Crippen molar-refractivity contribution in [3.63, 3.8) is 0 Å². The first-order valence-electron chi connectivity index (χ1n) is 6.81. The lowest BCUT2D eigenvalue weighted by molar-refractivity contribution is -0.0239. The van der Waals surface area contributed by atoms with Gasteiger partial charge in [-0.3, -0.25) is 0 Å². The van der Waals surface area contributed by atoms with Crippen molar-refractivity contribution in [3.8, 4) is 0 Å². The molecule has 2 rings (SSSR count). The molecule has 0 amide bonds. The average molecular weight is 242 g/mol. The predicted molar refractivity (Wildman–Crippen MR) is 68.7 cm³/mol. The molecule has 2 saturated heterocycles. The molecular formula is C12H26N4O. The van der Waals surface area contributed by atoms with Crippen molar-refractivity contribution in [2.75, 3.05) is 52.5 Å². The van der Waals surface area contributed by atoms with Gasteiger partial charge in [-0.05, 0) is 32.5 Å². The molecular weight excluding hydrogens is 216 g/mol. The molecule has 0 unspecified atom stereocenters. The Labute approximate surface area is 104 Å². The van der Waals surface area contributed by atoms with E-state index in [0.29, 0.717) is 0 Å². The van der Waals surface area contributed by atoms with E-state index >= 15 is 0 Å². The summed E-state index contributed by atoms with van der Waals surface area (Å²) in [5.74, 6) is 0. The third-order valence-electron chi connectivity index (χ3n) is 4.06. The Balaban J connectivity index is 1.86. The number of piperidine rings is 1. The molecule has 0 bridgehead atoms. The van der Waals surface area contributed by atoms with Gasteiger partial charge in [0.15, 0.2) is 0 Å². The van der Waals surface area contributed by atoms with Crippen LogP contribution >= 0.6 is 0 Å². The lowest BCUT2D eigenvalue weighted by Crippen LogP contribution is -2.64. The van der Waals surface area contributed by atoms with Gasteiger partial charge in [-0.1, -0.05) is 6.92 Å². The summed E-state index contributed by atoms with van der Waals surface area (Å²) in [4.78, 5) is 2.49. The highest BCUT2D eigenvalue weighted by atomic mass is 16.5. The minimum atomic E-state index is 0.114. The van der Waals surface area contributed by atoms with Gasteiger partial charge in [-0.2, -0.15) is 0 Å².